The third kappa shape index (κ3) is 4.90. The highest BCUT2D eigenvalue weighted by Gasteiger charge is 2.26. The maximum Gasteiger partial charge on any atom is 0.408 e. The summed E-state index contributed by atoms with van der Waals surface area (Å²) in [6.07, 6.45) is 4.33. The first kappa shape index (κ1) is 20.3. The molecule has 2 heterocycles. The van der Waals surface area contributed by atoms with Crippen LogP contribution in [-0.4, -0.2) is 41.4 Å². The molecule has 8 heteroatoms. The van der Waals surface area contributed by atoms with Gasteiger partial charge in [-0.2, -0.15) is 5.10 Å². The summed E-state index contributed by atoms with van der Waals surface area (Å²) in [5.41, 5.74) is 4.04. The molecule has 8 nitrogen and oxygen atoms in total. The lowest BCUT2D eigenvalue weighted by Crippen LogP contribution is -2.44. The molecular weight excluding hydrogens is 368 g/mol. The average molecular weight is 394 g/mol. The van der Waals surface area contributed by atoms with Crippen LogP contribution in [0.15, 0.2) is 42.9 Å². The number of hydrogen-bond acceptors (Lipinski definition) is 5. The van der Waals surface area contributed by atoms with Crippen LogP contribution in [0.2, 0.25) is 0 Å². The quantitative estimate of drug-likeness (QED) is 0.673. The van der Waals surface area contributed by atoms with Gasteiger partial charge in [-0.25, -0.2) is 14.8 Å². The number of benzene rings is 1. The van der Waals surface area contributed by atoms with Crippen LogP contribution in [0.1, 0.15) is 31.9 Å². The number of nitrogens with one attached hydrogen (secondary N) is 1. The molecule has 3 aromatic rings. The van der Waals surface area contributed by atoms with Crippen molar-refractivity contribution in [3.05, 3.63) is 54.0 Å². The summed E-state index contributed by atoms with van der Waals surface area (Å²) in [7, 11) is 1.85. The molecule has 0 aliphatic carbocycles. The monoisotopic (exact) mass is 394 g/mol. The van der Waals surface area contributed by atoms with Crippen molar-refractivity contribution in [3.8, 4) is 11.3 Å². The average Bonchev–Trinajstić information content (AvgIpc) is 3.04. The molecular formula is C21H26N6O2. The minimum atomic E-state index is -0.928. The largest absolute Gasteiger partial charge is 0.465 e. The van der Waals surface area contributed by atoms with Gasteiger partial charge in [0.2, 0.25) is 5.95 Å². The number of carboxylic acid groups (broad SMARTS) is 1. The van der Waals surface area contributed by atoms with Gasteiger partial charge in [0.1, 0.15) is 0 Å². The zero-order chi connectivity index (χ0) is 21.2. The van der Waals surface area contributed by atoms with Gasteiger partial charge in [-0.15, -0.1) is 0 Å². The zero-order valence-electron chi connectivity index (χ0n) is 17.3. The molecule has 152 valence electrons. The maximum atomic E-state index is 11.6. The standard InChI is InChI=1S/C21H26N6O2/c1-14-10-15(6-7-16(14)12-27(20(28)29)21(2,3)4)18-8-9-22-19(25-18)24-17-11-23-26(5)13-17/h6-11,13H,12H2,1-5H3,(H,28,29)(H,22,24,25). The van der Waals surface area contributed by atoms with E-state index in [4.69, 9.17) is 0 Å². The smallest absolute Gasteiger partial charge is 0.408 e. The van der Waals surface area contributed by atoms with Crippen molar-refractivity contribution in [1.82, 2.24) is 24.6 Å². The molecule has 0 saturated carbocycles. The van der Waals surface area contributed by atoms with Gasteiger partial charge < -0.3 is 10.4 Å². The highest BCUT2D eigenvalue weighted by atomic mass is 16.4. The van der Waals surface area contributed by atoms with E-state index >= 15 is 0 Å². The molecule has 2 aromatic heterocycles. The number of aromatic nitrogens is 4. The van der Waals surface area contributed by atoms with Gasteiger partial charge in [0.15, 0.2) is 0 Å². The Bertz CT molecular complexity index is 1020. The van der Waals surface area contributed by atoms with Gasteiger partial charge in [-0.1, -0.05) is 12.1 Å². The van der Waals surface area contributed by atoms with Gasteiger partial charge in [0, 0.05) is 37.1 Å². The molecule has 0 aliphatic heterocycles. The molecule has 2 N–H and O–H groups in total. The molecule has 0 bridgehead atoms. The number of anilines is 2. The van der Waals surface area contributed by atoms with E-state index in [-0.39, 0.29) is 0 Å². The van der Waals surface area contributed by atoms with Crippen LogP contribution in [0.5, 0.6) is 0 Å². The normalized spacial score (nSPS) is 11.3. The van der Waals surface area contributed by atoms with Crippen molar-refractivity contribution in [2.24, 2.45) is 7.05 Å². The molecule has 0 fully saturated rings. The summed E-state index contributed by atoms with van der Waals surface area (Å²) in [6, 6.07) is 7.79. The van der Waals surface area contributed by atoms with Gasteiger partial charge >= 0.3 is 6.09 Å². The Balaban J connectivity index is 1.83. The summed E-state index contributed by atoms with van der Waals surface area (Å²) in [5.74, 6) is 0.488. The number of aryl methyl sites for hydroxylation is 2. The number of carbonyl (C=O) groups is 1. The van der Waals surface area contributed by atoms with E-state index in [1.807, 2.05) is 65.2 Å². The van der Waals surface area contributed by atoms with Crippen molar-refractivity contribution < 1.29 is 9.90 Å². The highest BCUT2D eigenvalue weighted by molar-refractivity contribution is 5.67. The minimum Gasteiger partial charge on any atom is -0.465 e. The van der Waals surface area contributed by atoms with E-state index in [9.17, 15) is 9.90 Å². The molecule has 3 rings (SSSR count). The first-order valence-electron chi connectivity index (χ1n) is 9.32. The molecule has 1 amide bonds. The van der Waals surface area contributed by atoms with E-state index < -0.39 is 11.6 Å². The summed E-state index contributed by atoms with van der Waals surface area (Å²) in [5, 5.41) is 16.8. The minimum absolute atomic E-state index is 0.336. The second-order valence-electron chi connectivity index (χ2n) is 7.97. The Kier molecular flexibility index (Phi) is 5.54. The van der Waals surface area contributed by atoms with Crippen molar-refractivity contribution in [3.63, 3.8) is 0 Å². The molecule has 29 heavy (non-hydrogen) atoms. The first-order chi connectivity index (χ1) is 13.6. The lowest BCUT2D eigenvalue weighted by Gasteiger charge is -2.33. The molecule has 0 unspecified atom stereocenters. The van der Waals surface area contributed by atoms with E-state index in [0.717, 1.165) is 28.1 Å². The van der Waals surface area contributed by atoms with Gasteiger partial charge in [-0.05, 0) is 51.0 Å². The summed E-state index contributed by atoms with van der Waals surface area (Å²) < 4.78 is 1.70. The molecule has 0 aliphatic rings. The predicted octanol–water partition coefficient (Wildman–Crippen LogP) is 4.21. The van der Waals surface area contributed by atoms with Crippen molar-refractivity contribution in [2.75, 3.05) is 5.32 Å². The Morgan fingerprint density at radius 3 is 2.62 bits per heavy atom. The summed E-state index contributed by atoms with van der Waals surface area (Å²) >= 11 is 0. The van der Waals surface area contributed by atoms with Crippen LogP contribution in [0.4, 0.5) is 16.4 Å². The molecule has 0 atom stereocenters. The van der Waals surface area contributed by atoms with Gasteiger partial charge in [0.05, 0.1) is 17.6 Å². The Morgan fingerprint density at radius 2 is 2.03 bits per heavy atom. The van der Waals surface area contributed by atoms with Gasteiger partial charge in [0.25, 0.3) is 0 Å². The third-order valence-electron chi connectivity index (χ3n) is 4.62. The van der Waals surface area contributed by atoms with Crippen LogP contribution in [0, 0.1) is 6.92 Å². The van der Waals surface area contributed by atoms with Crippen LogP contribution < -0.4 is 5.32 Å². The topological polar surface area (TPSA) is 96.2 Å². The lowest BCUT2D eigenvalue weighted by molar-refractivity contribution is 0.0954. The fourth-order valence-electron chi connectivity index (χ4n) is 2.99. The fraction of sp³-hybridized carbons (Fsp3) is 0.333. The first-order valence-corrected chi connectivity index (χ1v) is 9.32. The molecule has 0 radical (unpaired) electrons. The second kappa shape index (κ2) is 7.90. The van der Waals surface area contributed by atoms with Crippen LogP contribution in [-0.2, 0) is 13.6 Å². The van der Waals surface area contributed by atoms with E-state index in [0.29, 0.717) is 12.5 Å². The van der Waals surface area contributed by atoms with Crippen molar-refractivity contribution in [1.29, 1.82) is 0 Å². The third-order valence-corrected chi connectivity index (χ3v) is 4.62. The summed E-state index contributed by atoms with van der Waals surface area (Å²) in [6.45, 7) is 7.99. The Morgan fingerprint density at radius 1 is 1.28 bits per heavy atom. The van der Waals surface area contributed by atoms with E-state index in [1.165, 1.54) is 4.90 Å². The number of rotatable bonds is 5. The van der Waals surface area contributed by atoms with Crippen LogP contribution in [0.25, 0.3) is 11.3 Å². The summed E-state index contributed by atoms with van der Waals surface area (Å²) in [4.78, 5) is 21.9. The Labute approximate surface area is 170 Å². The number of amides is 1. The second-order valence-corrected chi connectivity index (χ2v) is 7.97. The van der Waals surface area contributed by atoms with Crippen molar-refractivity contribution >= 4 is 17.7 Å². The van der Waals surface area contributed by atoms with Crippen LogP contribution >= 0.6 is 0 Å². The highest BCUT2D eigenvalue weighted by Crippen LogP contribution is 2.25. The number of nitrogens with zero attached hydrogens (tertiary/aromatic N) is 5. The predicted molar refractivity (Wildman–Crippen MR) is 112 cm³/mol. The Hall–Kier alpha value is -3.42. The van der Waals surface area contributed by atoms with Gasteiger partial charge in [-0.3, -0.25) is 9.58 Å². The zero-order valence-corrected chi connectivity index (χ0v) is 17.3. The van der Waals surface area contributed by atoms with E-state index in [1.54, 1.807) is 17.1 Å². The number of hydrogen-bond donors (Lipinski definition) is 2. The molecule has 0 spiro atoms. The van der Waals surface area contributed by atoms with Crippen LogP contribution in [0.3, 0.4) is 0 Å². The van der Waals surface area contributed by atoms with E-state index in [2.05, 4.69) is 20.4 Å². The molecule has 1 aromatic carbocycles. The SMILES string of the molecule is Cc1cc(-c2ccnc(Nc3cnn(C)c3)n2)ccc1CN(C(=O)O)C(C)(C)C. The fourth-order valence-corrected chi connectivity index (χ4v) is 2.99. The maximum absolute atomic E-state index is 11.6. The van der Waals surface area contributed by atoms with Crippen molar-refractivity contribution in [2.45, 2.75) is 39.8 Å². The molecule has 0 saturated heterocycles. The lowest BCUT2D eigenvalue weighted by atomic mass is 10.0.